The highest BCUT2D eigenvalue weighted by Gasteiger charge is 2.26. The molecule has 1 N–H and O–H groups in total. The normalized spacial score (nSPS) is 16.0. The van der Waals surface area contributed by atoms with Crippen LogP contribution in [-0.2, 0) is 4.74 Å². The average Bonchev–Trinajstić information content (AvgIpc) is 2.60. The van der Waals surface area contributed by atoms with Crippen molar-refractivity contribution in [2.24, 2.45) is 0 Å². The van der Waals surface area contributed by atoms with Crippen LogP contribution in [0.15, 0.2) is 12.1 Å². The number of benzene rings is 1. The van der Waals surface area contributed by atoms with E-state index in [4.69, 9.17) is 14.2 Å². The molecule has 0 radical (unpaired) electrons. The first-order valence-corrected chi connectivity index (χ1v) is 8.03. The number of halogens is 1. The van der Waals surface area contributed by atoms with Crippen LogP contribution >= 0.6 is 0 Å². The van der Waals surface area contributed by atoms with Gasteiger partial charge in [-0.3, -0.25) is 4.79 Å². The summed E-state index contributed by atoms with van der Waals surface area (Å²) in [6.07, 6.45) is 1.65. The molecule has 6 nitrogen and oxygen atoms in total. The van der Waals surface area contributed by atoms with Crippen LogP contribution in [-0.4, -0.2) is 64.4 Å². The van der Waals surface area contributed by atoms with Gasteiger partial charge in [-0.1, -0.05) is 0 Å². The quantitative estimate of drug-likeness (QED) is 0.818. The Morgan fingerprint density at radius 2 is 1.96 bits per heavy atom. The summed E-state index contributed by atoms with van der Waals surface area (Å²) in [4.78, 5) is 14.8. The Hall–Kier alpha value is -1.86. The Labute approximate surface area is 141 Å². The number of amides is 1. The number of piperidine rings is 1. The molecule has 0 bridgehead atoms. The van der Waals surface area contributed by atoms with E-state index < -0.39 is 11.7 Å². The molecule has 2 rings (SSSR count). The monoisotopic (exact) mass is 340 g/mol. The molecular formula is C17H25FN2O4. The van der Waals surface area contributed by atoms with Crippen LogP contribution in [0.4, 0.5) is 4.39 Å². The van der Waals surface area contributed by atoms with E-state index in [1.165, 1.54) is 26.4 Å². The first-order chi connectivity index (χ1) is 11.6. The van der Waals surface area contributed by atoms with Crippen molar-refractivity contribution in [3.63, 3.8) is 0 Å². The van der Waals surface area contributed by atoms with Gasteiger partial charge in [0, 0.05) is 32.8 Å². The number of rotatable bonds is 7. The number of hydrogen-bond donors (Lipinski definition) is 1. The van der Waals surface area contributed by atoms with Crippen molar-refractivity contribution in [3.05, 3.63) is 23.5 Å². The number of hydrogen-bond acceptors (Lipinski definition) is 5. The lowest BCUT2D eigenvalue weighted by Crippen LogP contribution is -2.45. The lowest BCUT2D eigenvalue weighted by molar-refractivity contribution is 0.0885. The number of carbonyl (C=O) groups excluding carboxylic acids is 1. The predicted octanol–water partition coefficient (Wildman–Crippen LogP) is 1.68. The van der Waals surface area contributed by atoms with Crippen LogP contribution in [0.2, 0.25) is 0 Å². The molecule has 0 aromatic heterocycles. The molecule has 1 heterocycles. The van der Waals surface area contributed by atoms with E-state index in [0.717, 1.165) is 32.5 Å². The van der Waals surface area contributed by atoms with Crippen molar-refractivity contribution in [3.8, 4) is 11.5 Å². The molecule has 1 aromatic carbocycles. The maximum absolute atomic E-state index is 14.1. The molecule has 0 spiro atoms. The fourth-order valence-electron chi connectivity index (χ4n) is 2.89. The van der Waals surface area contributed by atoms with Crippen molar-refractivity contribution >= 4 is 5.91 Å². The highest BCUT2D eigenvalue weighted by molar-refractivity contribution is 5.98. The summed E-state index contributed by atoms with van der Waals surface area (Å²) in [6, 6.07) is 2.68. The number of likely N-dealkylation sites (tertiary alicyclic amines) is 1. The number of ether oxygens (including phenoxy) is 3. The summed E-state index contributed by atoms with van der Waals surface area (Å²) in [7, 11) is 4.53. The minimum Gasteiger partial charge on any atom is -0.493 e. The lowest BCUT2D eigenvalue weighted by atomic mass is 10.0. The molecule has 0 unspecified atom stereocenters. The SMILES string of the molecule is COCCN1CCC(NC(=O)c2c(F)ccc(OC)c2OC)CC1. The van der Waals surface area contributed by atoms with Crippen molar-refractivity contribution in [2.75, 3.05) is 47.6 Å². The fraction of sp³-hybridized carbons (Fsp3) is 0.588. The molecule has 1 aliphatic heterocycles. The standard InChI is InChI=1S/C17H25FN2O4/c1-22-11-10-20-8-6-12(7-9-20)19-17(21)15-13(18)4-5-14(23-2)16(15)24-3/h4-5,12H,6-11H2,1-3H3,(H,19,21). The summed E-state index contributed by atoms with van der Waals surface area (Å²) < 4.78 is 29.5. The van der Waals surface area contributed by atoms with E-state index in [0.29, 0.717) is 12.4 Å². The second-order valence-electron chi connectivity index (χ2n) is 5.74. The van der Waals surface area contributed by atoms with Crippen LogP contribution in [0.1, 0.15) is 23.2 Å². The maximum atomic E-state index is 14.1. The van der Waals surface area contributed by atoms with Crippen LogP contribution in [0.5, 0.6) is 11.5 Å². The van der Waals surface area contributed by atoms with Crippen molar-refractivity contribution in [1.29, 1.82) is 0 Å². The first-order valence-electron chi connectivity index (χ1n) is 8.03. The van der Waals surface area contributed by atoms with Gasteiger partial charge in [0.1, 0.15) is 11.4 Å². The van der Waals surface area contributed by atoms with Gasteiger partial charge in [0.25, 0.3) is 5.91 Å². The van der Waals surface area contributed by atoms with Gasteiger partial charge in [-0.05, 0) is 25.0 Å². The zero-order chi connectivity index (χ0) is 17.5. The molecule has 134 valence electrons. The molecule has 0 aliphatic carbocycles. The molecule has 24 heavy (non-hydrogen) atoms. The van der Waals surface area contributed by atoms with Crippen molar-refractivity contribution in [1.82, 2.24) is 10.2 Å². The summed E-state index contributed by atoms with van der Waals surface area (Å²) in [5.74, 6) is -0.646. The highest BCUT2D eigenvalue weighted by atomic mass is 19.1. The van der Waals surface area contributed by atoms with Crippen molar-refractivity contribution in [2.45, 2.75) is 18.9 Å². The Bertz CT molecular complexity index is 560. The van der Waals surface area contributed by atoms with Gasteiger partial charge in [0.05, 0.1) is 20.8 Å². The summed E-state index contributed by atoms with van der Waals surface area (Å²) in [6.45, 7) is 3.34. The predicted molar refractivity (Wildman–Crippen MR) is 88.3 cm³/mol. The zero-order valence-electron chi connectivity index (χ0n) is 14.4. The Morgan fingerprint density at radius 3 is 2.54 bits per heavy atom. The van der Waals surface area contributed by atoms with Gasteiger partial charge in [0.15, 0.2) is 11.5 Å². The molecular weight excluding hydrogens is 315 g/mol. The molecule has 7 heteroatoms. The number of methoxy groups -OCH3 is 3. The lowest BCUT2D eigenvalue weighted by Gasteiger charge is -2.32. The van der Waals surface area contributed by atoms with Crippen LogP contribution in [0, 0.1) is 5.82 Å². The minimum atomic E-state index is -0.623. The average molecular weight is 340 g/mol. The third-order valence-electron chi connectivity index (χ3n) is 4.26. The van der Waals surface area contributed by atoms with Crippen LogP contribution in [0.3, 0.4) is 0 Å². The van der Waals surface area contributed by atoms with Gasteiger partial charge in [-0.2, -0.15) is 0 Å². The van der Waals surface area contributed by atoms with Crippen LogP contribution < -0.4 is 14.8 Å². The Morgan fingerprint density at radius 1 is 1.25 bits per heavy atom. The number of carbonyl (C=O) groups is 1. The summed E-state index contributed by atoms with van der Waals surface area (Å²) in [5.41, 5.74) is -0.112. The fourth-order valence-corrected chi connectivity index (χ4v) is 2.89. The topological polar surface area (TPSA) is 60.0 Å². The molecule has 1 fully saturated rings. The van der Waals surface area contributed by atoms with Gasteiger partial charge in [-0.15, -0.1) is 0 Å². The second kappa shape index (κ2) is 8.84. The van der Waals surface area contributed by atoms with Gasteiger partial charge < -0.3 is 24.4 Å². The largest absolute Gasteiger partial charge is 0.493 e. The van der Waals surface area contributed by atoms with E-state index in [1.807, 2.05) is 0 Å². The second-order valence-corrected chi connectivity index (χ2v) is 5.74. The van der Waals surface area contributed by atoms with Gasteiger partial charge in [-0.25, -0.2) is 4.39 Å². The molecule has 0 saturated carbocycles. The molecule has 1 saturated heterocycles. The number of nitrogens with one attached hydrogen (secondary N) is 1. The smallest absolute Gasteiger partial charge is 0.258 e. The third-order valence-corrected chi connectivity index (χ3v) is 4.26. The summed E-state index contributed by atoms with van der Waals surface area (Å²) >= 11 is 0. The number of nitrogens with zero attached hydrogens (tertiary/aromatic N) is 1. The first kappa shape index (κ1) is 18.5. The van der Waals surface area contributed by atoms with E-state index in [2.05, 4.69) is 10.2 Å². The van der Waals surface area contributed by atoms with Gasteiger partial charge >= 0.3 is 0 Å². The van der Waals surface area contributed by atoms with E-state index in [9.17, 15) is 9.18 Å². The van der Waals surface area contributed by atoms with Crippen molar-refractivity contribution < 1.29 is 23.4 Å². The van der Waals surface area contributed by atoms with E-state index in [-0.39, 0.29) is 17.4 Å². The maximum Gasteiger partial charge on any atom is 0.258 e. The van der Waals surface area contributed by atoms with E-state index >= 15 is 0 Å². The summed E-state index contributed by atoms with van der Waals surface area (Å²) in [5, 5.41) is 2.91. The zero-order valence-corrected chi connectivity index (χ0v) is 14.4. The van der Waals surface area contributed by atoms with E-state index in [1.54, 1.807) is 7.11 Å². The molecule has 0 atom stereocenters. The molecule has 1 aliphatic rings. The Balaban J connectivity index is 2.01. The van der Waals surface area contributed by atoms with Crippen LogP contribution in [0.25, 0.3) is 0 Å². The molecule has 1 aromatic rings. The highest BCUT2D eigenvalue weighted by Crippen LogP contribution is 2.32. The van der Waals surface area contributed by atoms with Gasteiger partial charge in [0.2, 0.25) is 0 Å². The molecule has 1 amide bonds. The minimum absolute atomic E-state index is 0.0200. The third kappa shape index (κ3) is 4.36. The Kier molecular flexibility index (Phi) is 6.81.